The molecular weight excluding hydrogens is 362 g/mol. The fourth-order valence-corrected chi connectivity index (χ4v) is 9.48. The van der Waals surface area contributed by atoms with Gasteiger partial charge in [-0.1, -0.05) is 72.3 Å². The van der Waals surface area contributed by atoms with Crippen LogP contribution >= 0.6 is 0 Å². The van der Waals surface area contributed by atoms with Crippen LogP contribution in [0.25, 0.3) is 0 Å². The Morgan fingerprint density at radius 2 is 1.73 bits per heavy atom. The van der Waals surface area contributed by atoms with Gasteiger partial charge < -0.3 is 0 Å². The Labute approximate surface area is 187 Å². The van der Waals surface area contributed by atoms with Gasteiger partial charge in [0.25, 0.3) is 0 Å². The SMILES string of the molecule is CC(C)CCC[C@@H](C)[C@H]1CC[C@H]2[C@@H]3C/C(=C\C#N)C4CCCC[C@]4(C)[C@H]3CC[C@]12C. The number of fused-ring (bicyclic) bond motifs is 5. The molecule has 0 saturated heterocycles. The highest BCUT2D eigenvalue weighted by molar-refractivity contribution is 5.26. The van der Waals surface area contributed by atoms with E-state index in [0.29, 0.717) is 16.7 Å². The lowest BCUT2D eigenvalue weighted by Gasteiger charge is -2.61. The van der Waals surface area contributed by atoms with Crippen LogP contribution < -0.4 is 0 Å². The molecule has 0 bridgehead atoms. The summed E-state index contributed by atoms with van der Waals surface area (Å²) < 4.78 is 0. The molecule has 4 aliphatic carbocycles. The van der Waals surface area contributed by atoms with Gasteiger partial charge in [0.2, 0.25) is 0 Å². The van der Waals surface area contributed by atoms with Crippen LogP contribution in [-0.4, -0.2) is 0 Å². The highest BCUT2D eigenvalue weighted by atomic mass is 14.7. The molecule has 0 aromatic carbocycles. The van der Waals surface area contributed by atoms with Crippen molar-refractivity contribution in [3.8, 4) is 6.07 Å². The molecule has 0 spiro atoms. The lowest BCUT2D eigenvalue weighted by Crippen LogP contribution is -2.53. The first-order valence-electron chi connectivity index (χ1n) is 13.4. The second kappa shape index (κ2) is 8.64. The van der Waals surface area contributed by atoms with Crippen molar-refractivity contribution < 1.29 is 0 Å². The van der Waals surface area contributed by atoms with Gasteiger partial charge in [-0.15, -0.1) is 0 Å². The van der Waals surface area contributed by atoms with E-state index >= 15 is 0 Å². The third-order valence-electron chi connectivity index (χ3n) is 10.9. The van der Waals surface area contributed by atoms with Crippen molar-refractivity contribution in [2.24, 2.45) is 52.3 Å². The molecule has 0 N–H and O–H groups in total. The van der Waals surface area contributed by atoms with Gasteiger partial charge in [-0.2, -0.15) is 5.26 Å². The van der Waals surface area contributed by atoms with Crippen molar-refractivity contribution >= 4 is 0 Å². The number of rotatable bonds is 5. The fourth-order valence-electron chi connectivity index (χ4n) is 9.48. The number of nitriles is 1. The summed E-state index contributed by atoms with van der Waals surface area (Å²) in [5.41, 5.74) is 2.55. The van der Waals surface area contributed by atoms with E-state index in [2.05, 4.69) is 40.7 Å². The minimum atomic E-state index is 0.464. The van der Waals surface area contributed by atoms with Crippen LogP contribution in [0.4, 0.5) is 0 Å². The molecule has 4 saturated carbocycles. The molecule has 0 aromatic heterocycles. The van der Waals surface area contributed by atoms with Crippen LogP contribution in [0.5, 0.6) is 0 Å². The smallest absolute Gasteiger partial charge is 0.0911 e. The summed E-state index contributed by atoms with van der Waals surface area (Å²) in [6.45, 7) is 12.6. The highest BCUT2D eigenvalue weighted by Gasteiger charge is 2.60. The minimum Gasteiger partial charge on any atom is -0.193 e. The zero-order chi connectivity index (χ0) is 21.5. The normalized spacial score (nSPS) is 45.5. The second-order valence-corrected chi connectivity index (χ2v) is 12.8. The van der Waals surface area contributed by atoms with E-state index < -0.39 is 0 Å². The van der Waals surface area contributed by atoms with Crippen LogP contribution in [0.2, 0.25) is 0 Å². The number of hydrogen-bond acceptors (Lipinski definition) is 1. The Morgan fingerprint density at radius 3 is 2.47 bits per heavy atom. The Hall–Kier alpha value is -0.770. The maximum Gasteiger partial charge on any atom is 0.0911 e. The number of allylic oxidation sites excluding steroid dienone is 2. The molecule has 0 heterocycles. The summed E-state index contributed by atoms with van der Waals surface area (Å²) in [7, 11) is 0. The lowest BCUT2D eigenvalue weighted by atomic mass is 9.43. The second-order valence-electron chi connectivity index (χ2n) is 12.8. The van der Waals surface area contributed by atoms with E-state index in [9.17, 15) is 5.26 Å². The predicted octanol–water partition coefficient (Wildman–Crippen LogP) is 8.56. The number of nitrogens with zero attached hydrogens (tertiary/aromatic N) is 1. The first-order chi connectivity index (χ1) is 14.3. The topological polar surface area (TPSA) is 23.8 Å². The average Bonchev–Trinajstić information content (AvgIpc) is 3.05. The molecule has 30 heavy (non-hydrogen) atoms. The zero-order valence-corrected chi connectivity index (χ0v) is 20.6. The zero-order valence-electron chi connectivity index (χ0n) is 20.6. The Balaban J connectivity index is 1.55. The predicted molar refractivity (Wildman–Crippen MR) is 127 cm³/mol. The summed E-state index contributed by atoms with van der Waals surface area (Å²) in [5, 5.41) is 9.54. The van der Waals surface area contributed by atoms with Crippen molar-refractivity contribution in [3.63, 3.8) is 0 Å². The van der Waals surface area contributed by atoms with E-state index in [0.717, 1.165) is 35.5 Å². The standard InChI is InChI=1S/C29H47N/c1-20(2)9-8-10-21(3)24-12-13-26-23-19-22(15-18-30)25-11-6-7-16-28(25,4)27(23)14-17-29(24,26)5/h15,20-21,23-27H,6-14,16-17,19H2,1-5H3/b22-15+/t21-,23+,24-,25?,26+,27+,28+,29-/m1/s1. The van der Waals surface area contributed by atoms with Crippen molar-refractivity contribution in [3.05, 3.63) is 11.6 Å². The van der Waals surface area contributed by atoms with Gasteiger partial charge in [0.05, 0.1) is 6.07 Å². The molecule has 1 nitrogen and oxygen atoms in total. The van der Waals surface area contributed by atoms with Crippen molar-refractivity contribution in [2.75, 3.05) is 0 Å². The minimum absolute atomic E-state index is 0.464. The van der Waals surface area contributed by atoms with Crippen molar-refractivity contribution in [1.29, 1.82) is 5.26 Å². The summed E-state index contributed by atoms with van der Waals surface area (Å²) in [6.07, 6.45) is 18.8. The van der Waals surface area contributed by atoms with Crippen LogP contribution in [0, 0.1) is 63.6 Å². The summed E-state index contributed by atoms with van der Waals surface area (Å²) >= 11 is 0. The molecule has 1 heteroatoms. The Bertz CT molecular complexity index is 683. The van der Waals surface area contributed by atoms with E-state index in [-0.39, 0.29) is 0 Å². The van der Waals surface area contributed by atoms with Gasteiger partial charge in [0.15, 0.2) is 0 Å². The third-order valence-corrected chi connectivity index (χ3v) is 10.9. The number of hydrogen-bond donors (Lipinski definition) is 0. The van der Waals surface area contributed by atoms with E-state index in [4.69, 9.17) is 0 Å². The first-order valence-corrected chi connectivity index (χ1v) is 13.4. The molecule has 4 fully saturated rings. The molecule has 0 aromatic rings. The fraction of sp³-hybridized carbons (Fsp3) is 0.897. The van der Waals surface area contributed by atoms with E-state index in [1.807, 2.05) is 6.08 Å². The molecule has 1 unspecified atom stereocenters. The summed E-state index contributed by atoms with van der Waals surface area (Å²) in [6, 6.07) is 2.45. The Morgan fingerprint density at radius 1 is 0.967 bits per heavy atom. The lowest BCUT2D eigenvalue weighted by molar-refractivity contribution is -0.0940. The van der Waals surface area contributed by atoms with Crippen molar-refractivity contribution in [1.82, 2.24) is 0 Å². The van der Waals surface area contributed by atoms with Crippen LogP contribution in [0.3, 0.4) is 0 Å². The van der Waals surface area contributed by atoms with Gasteiger partial charge in [-0.05, 0) is 97.2 Å². The molecule has 4 rings (SSSR count). The largest absolute Gasteiger partial charge is 0.193 e. The summed E-state index contributed by atoms with van der Waals surface area (Å²) in [5.74, 6) is 6.00. The van der Waals surface area contributed by atoms with Crippen molar-refractivity contribution in [2.45, 2.75) is 112 Å². The Kier molecular flexibility index (Phi) is 6.46. The quantitative estimate of drug-likeness (QED) is 0.417. The molecule has 168 valence electrons. The molecular formula is C29H47N. The van der Waals surface area contributed by atoms with Crippen LogP contribution in [0.15, 0.2) is 11.6 Å². The first kappa shape index (κ1) is 22.4. The van der Waals surface area contributed by atoms with Gasteiger partial charge in [-0.25, -0.2) is 0 Å². The third kappa shape index (κ3) is 3.69. The summed E-state index contributed by atoms with van der Waals surface area (Å²) in [4.78, 5) is 0. The van der Waals surface area contributed by atoms with Crippen LogP contribution in [0.1, 0.15) is 112 Å². The average molecular weight is 410 g/mol. The molecule has 0 radical (unpaired) electrons. The maximum absolute atomic E-state index is 9.54. The van der Waals surface area contributed by atoms with Gasteiger partial charge >= 0.3 is 0 Å². The van der Waals surface area contributed by atoms with E-state index in [1.54, 1.807) is 5.57 Å². The molecule has 8 atom stereocenters. The van der Waals surface area contributed by atoms with Crippen LogP contribution in [-0.2, 0) is 0 Å². The molecule has 0 amide bonds. The van der Waals surface area contributed by atoms with Gasteiger partial charge in [0, 0.05) is 6.08 Å². The molecule has 4 aliphatic rings. The monoisotopic (exact) mass is 409 g/mol. The maximum atomic E-state index is 9.54. The highest BCUT2D eigenvalue weighted by Crippen LogP contribution is 2.69. The van der Waals surface area contributed by atoms with Gasteiger partial charge in [0.1, 0.15) is 0 Å². The van der Waals surface area contributed by atoms with Gasteiger partial charge in [-0.3, -0.25) is 0 Å². The molecule has 0 aliphatic heterocycles. The van der Waals surface area contributed by atoms with E-state index in [1.165, 1.54) is 77.0 Å².